The van der Waals surface area contributed by atoms with Crippen molar-refractivity contribution >= 4 is 27.2 Å². The van der Waals surface area contributed by atoms with Crippen molar-refractivity contribution in [3.8, 4) is 0 Å². The van der Waals surface area contributed by atoms with E-state index in [9.17, 15) is 36.3 Å². The number of aliphatic hydroxyl groups excluding tert-OH is 1. The maximum Gasteiger partial charge on any atom is 0.416 e. The highest BCUT2D eigenvalue weighted by Gasteiger charge is 2.45. The number of benzene rings is 2. The molecule has 0 saturated carbocycles. The second kappa shape index (κ2) is 8.09. The topological polar surface area (TPSA) is 91.8 Å². The Labute approximate surface area is 182 Å². The third kappa shape index (κ3) is 4.27. The predicted molar refractivity (Wildman–Crippen MR) is 111 cm³/mol. The van der Waals surface area contributed by atoms with Crippen LogP contribution in [0.2, 0.25) is 0 Å². The van der Waals surface area contributed by atoms with Crippen LogP contribution in [0.5, 0.6) is 0 Å². The summed E-state index contributed by atoms with van der Waals surface area (Å²) >= 11 is 0. The predicted octanol–water partition coefficient (Wildman–Crippen LogP) is 4.23. The summed E-state index contributed by atoms with van der Waals surface area (Å²) in [5.74, 6) is -3.16. The minimum atomic E-state index is -4.67. The van der Waals surface area contributed by atoms with Gasteiger partial charge in [-0.2, -0.15) is 13.2 Å². The fourth-order valence-corrected chi connectivity index (χ4v) is 4.16. The number of alkyl halides is 3. The van der Waals surface area contributed by atoms with Gasteiger partial charge in [0.1, 0.15) is 0 Å². The average molecular weight is 467 g/mol. The minimum Gasteiger partial charge on any atom is -0.503 e. The minimum absolute atomic E-state index is 0.0124. The summed E-state index contributed by atoms with van der Waals surface area (Å²) in [6, 6.07) is 7.95. The van der Waals surface area contributed by atoms with E-state index >= 15 is 0 Å². The van der Waals surface area contributed by atoms with Gasteiger partial charge in [0.05, 0.1) is 22.1 Å². The van der Waals surface area contributed by atoms with Crippen LogP contribution in [0.3, 0.4) is 0 Å². The zero-order valence-corrected chi connectivity index (χ0v) is 18.2. The van der Waals surface area contributed by atoms with E-state index in [0.717, 1.165) is 29.4 Å². The number of ketones is 1. The monoisotopic (exact) mass is 467 g/mol. The molecular weight excluding hydrogens is 447 g/mol. The highest BCUT2D eigenvalue weighted by Crippen LogP contribution is 2.43. The third-order valence-corrected chi connectivity index (χ3v) is 6.16. The van der Waals surface area contributed by atoms with Crippen LogP contribution in [0, 0.1) is 5.92 Å². The summed E-state index contributed by atoms with van der Waals surface area (Å²) in [6.07, 6.45) is -3.71. The summed E-state index contributed by atoms with van der Waals surface area (Å²) in [4.78, 5) is 26.6. The molecule has 0 aromatic heterocycles. The fraction of sp³-hybridized carbons (Fsp3) is 0.273. The van der Waals surface area contributed by atoms with Crippen LogP contribution in [0.1, 0.15) is 31.0 Å². The van der Waals surface area contributed by atoms with Crippen LogP contribution in [-0.4, -0.2) is 31.5 Å². The van der Waals surface area contributed by atoms with E-state index in [2.05, 4.69) is 0 Å². The smallest absolute Gasteiger partial charge is 0.416 e. The molecule has 2 aromatic carbocycles. The van der Waals surface area contributed by atoms with Crippen LogP contribution in [0.15, 0.2) is 64.8 Å². The van der Waals surface area contributed by atoms with Crippen molar-refractivity contribution in [3.05, 3.63) is 71.0 Å². The quantitative estimate of drug-likeness (QED) is 0.711. The first-order valence-electron chi connectivity index (χ1n) is 9.51. The Hall–Kier alpha value is -3.14. The zero-order valence-electron chi connectivity index (χ0n) is 17.3. The van der Waals surface area contributed by atoms with Crippen molar-refractivity contribution in [1.82, 2.24) is 0 Å². The molecule has 32 heavy (non-hydrogen) atoms. The highest BCUT2D eigenvalue weighted by atomic mass is 32.2. The summed E-state index contributed by atoms with van der Waals surface area (Å²) in [5, 5.41) is 10.5. The molecule has 1 atom stereocenters. The standard InChI is InChI=1S/C22H20F3NO5S/c1-12(2)19(27)17-18(13-6-4-7-14(10-13)22(23,24)25)26(21(29)20(17)28)15-8-5-9-16(11-15)32(3,30)31/h4-12,18,28H,1-3H3/t18-/m0/s1. The fourth-order valence-electron chi connectivity index (χ4n) is 3.50. The Morgan fingerprint density at radius 2 is 1.72 bits per heavy atom. The molecule has 3 rings (SSSR count). The number of Topliss-reactive ketones (excluding diaryl/α,β-unsaturated/α-hetero) is 1. The largest absolute Gasteiger partial charge is 0.503 e. The maximum absolute atomic E-state index is 13.3. The summed E-state index contributed by atoms with van der Waals surface area (Å²) < 4.78 is 63.9. The number of hydrogen-bond acceptors (Lipinski definition) is 5. The average Bonchev–Trinajstić information content (AvgIpc) is 2.97. The van der Waals surface area contributed by atoms with Crippen molar-refractivity contribution in [2.24, 2.45) is 5.92 Å². The number of carbonyl (C=O) groups excluding carboxylic acids is 2. The molecule has 170 valence electrons. The molecule has 0 saturated heterocycles. The highest BCUT2D eigenvalue weighted by molar-refractivity contribution is 7.90. The molecule has 0 unspecified atom stereocenters. The van der Waals surface area contributed by atoms with Gasteiger partial charge < -0.3 is 5.11 Å². The second-order valence-corrected chi connectivity index (χ2v) is 9.77. The number of nitrogens with zero attached hydrogens (tertiary/aromatic N) is 1. The Morgan fingerprint density at radius 1 is 1.09 bits per heavy atom. The molecule has 1 N–H and O–H groups in total. The molecule has 0 fully saturated rings. The first-order chi connectivity index (χ1) is 14.7. The van der Waals surface area contributed by atoms with Gasteiger partial charge in [0, 0.05) is 17.9 Å². The molecular formula is C22H20F3NO5S. The molecule has 6 nitrogen and oxygen atoms in total. The van der Waals surface area contributed by atoms with Crippen molar-refractivity contribution in [3.63, 3.8) is 0 Å². The second-order valence-electron chi connectivity index (χ2n) is 7.75. The van der Waals surface area contributed by atoms with Crippen LogP contribution in [-0.2, 0) is 25.6 Å². The number of aliphatic hydroxyl groups is 1. The van der Waals surface area contributed by atoms with Crippen LogP contribution in [0.4, 0.5) is 18.9 Å². The molecule has 1 aliphatic rings. The van der Waals surface area contributed by atoms with Gasteiger partial charge in [-0.25, -0.2) is 8.42 Å². The van der Waals surface area contributed by atoms with E-state index < -0.39 is 51.0 Å². The normalized spacial score (nSPS) is 17.4. The number of anilines is 1. The maximum atomic E-state index is 13.3. The van der Waals surface area contributed by atoms with E-state index in [1.165, 1.54) is 44.2 Å². The van der Waals surface area contributed by atoms with Crippen molar-refractivity contribution < 1.29 is 36.3 Å². The lowest BCUT2D eigenvalue weighted by molar-refractivity contribution is -0.137. The van der Waals surface area contributed by atoms with Gasteiger partial charge in [0.15, 0.2) is 21.4 Å². The van der Waals surface area contributed by atoms with E-state index in [1.54, 1.807) is 0 Å². The molecule has 1 aliphatic heterocycles. The van der Waals surface area contributed by atoms with Gasteiger partial charge in [-0.15, -0.1) is 0 Å². The molecule has 0 aliphatic carbocycles. The lowest BCUT2D eigenvalue weighted by Crippen LogP contribution is -2.31. The van der Waals surface area contributed by atoms with E-state index in [1.807, 2.05) is 0 Å². The number of rotatable bonds is 5. The molecule has 0 spiro atoms. The number of halogens is 3. The van der Waals surface area contributed by atoms with Gasteiger partial charge in [0.25, 0.3) is 5.91 Å². The molecule has 0 bridgehead atoms. The number of hydrogen-bond donors (Lipinski definition) is 1. The Kier molecular flexibility index (Phi) is 5.94. The Balaban J connectivity index is 2.26. The Morgan fingerprint density at radius 3 is 2.28 bits per heavy atom. The number of carbonyl (C=O) groups is 2. The van der Waals surface area contributed by atoms with Crippen molar-refractivity contribution in [2.45, 2.75) is 31.0 Å². The lowest BCUT2D eigenvalue weighted by Gasteiger charge is -2.28. The number of sulfone groups is 1. The first kappa shape index (κ1) is 23.5. The van der Waals surface area contributed by atoms with Crippen LogP contribution < -0.4 is 4.90 Å². The Bertz CT molecular complexity index is 1230. The van der Waals surface area contributed by atoms with Crippen molar-refractivity contribution in [1.29, 1.82) is 0 Å². The van der Waals surface area contributed by atoms with Crippen molar-refractivity contribution in [2.75, 3.05) is 11.2 Å². The van der Waals surface area contributed by atoms with Gasteiger partial charge in [-0.05, 0) is 35.9 Å². The summed E-state index contributed by atoms with van der Waals surface area (Å²) in [7, 11) is -3.67. The first-order valence-corrected chi connectivity index (χ1v) is 11.4. The van der Waals surface area contributed by atoms with Gasteiger partial charge in [0.2, 0.25) is 0 Å². The third-order valence-electron chi connectivity index (χ3n) is 5.05. The van der Waals surface area contributed by atoms with Gasteiger partial charge >= 0.3 is 6.18 Å². The van der Waals surface area contributed by atoms with E-state index in [4.69, 9.17) is 0 Å². The molecule has 1 amide bonds. The van der Waals surface area contributed by atoms with E-state index in [0.29, 0.717) is 0 Å². The summed E-state index contributed by atoms with van der Waals surface area (Å²) in [6.45, 7) is 3.06. The zero-order chi connectivity index (χ0) is 24.0. The number of amides is 1. The SMILES string of the molecule is CC(C)C(=O)C1=C(O)C(=O)N(c2cccc(S(C)(=O)=O)c2)[C@H]1c1cccc(C(F)(F)F)c1. The van der Waals surface area contributed by atoms with Gasteiger partial charge in [-0.1, -0.05) is 32.0 Å². The molecule has 1 heterocycles. The molecule has 0 radical (unpaired) electrons. The van der Waals surface area contributed by atoms with Gasteiger partial charge in [-0.3, -0.25) is 14.5 Å². The van der Waals surface area contributed by atoms with Crippen LogP contribution in [0.25, 0.3) is 0 Å². The molecule has 2 aromatic rings. The molecule has 10 heteroatoms. The van der Waals surface area contributed by atoms with E-state index in [-0.39, 0.29) is 21.7 Å². The summed E-state index contributed by atoms with van der Waals surface area (Å²) in [5.41, 5.74) is -1.37. The van der Waals surface area contributed by atoms with Crippen LogP contribution >= 0.6 is 0 Å². The lowest BCUT2D eigenvalue weighted by atomic mass is 9.90.